The molecule has 0 bridgehead atoms. The van der Waals surface area contributed by atoms with Gasteiger partial charge in [0.25, 0.3) is 0 Å². The van der Waals surface area contributed by atoms with E-state index < -0.39 is 0 Å². The Morgan fingerprint density at radius 2 is 2.05 bits per heavy atom. The Bertz CT molecular complexity index is 429. The Kier molecular flexibility index (Phi) is 7.10. The van der Waals surface area contributed by atoms with Crippen LogP contribution in [0.2, 0.25) is 4.34 Å². The van der Waals surface area contributed by atoms with E-state index in [0.717, 1.165) is 12.8 Å². The molecule has 0 aliphatic rings. The van der Waals surface area contributed by atoms with Crippen LogP contribution in [0.15, 0.2) is 12.1 Å². The van der Waals surface area contributed by atoms with Gasteiger partial charge in [-0.1, -0.05) is 25.4 Å². The first kappa shape index (κ1) is 16.2. The average molecular weight is 302 g/mol. The van der Waals surface area contributed by atoms with Gasteiger partial charge in [0.05, 0.1) is 9.21 Å². The lowest BCUT2D eigenvalue weighted by Gasteiger charge is -2.06. The van der Waals surface area contributed by atoms with Crippen molar-refractivity contribution in [3.05, 3.63) is 21.3 Å². The molecular formula is C14H20ClNO2S. The summed E-state index contributed by atoms with van der Waals surface area (Å²) < 4.78 is 0.599. The van der Waals surface area contributed by atoms with Crippen LogP contribution in [-0.4, -0.2) is 18.2 Å². The van der Waals surface area contributed by atoms with Crippen LogP contribution < -0.4 is 5.32 Å². The van der Waals surface area contributed by atoms with Gasteiger partial charge in [-0.2, -0.15) is 0 Å². The zero-order valence-corrected chi connectivity index (χ0v) is 12.9. The summed E-state index contributed by atoms with van der Waals surface area (Å²) in [4.78, 5) is 23.9. The van der Waals surface area contributed by atoms with E-state index >= 15 is 0 Å². The first-order valence-electron chi connectivity index (χ1n) is 6.54. The molecule has 5 heteroatoms. The summed E-state index contributed by atoms with van der Waals surface area (Å²) in [7, 11) is 0. The largest absolute Gasteiger partial charge is 0.356 e. The van der Waals surface area contributed by atoms with E-state index in [0.29, 0.717) is 21.7 Å². The summed E-state index contributed by atoms with van der Waals surface area (Å²) in [5.74, 6) is 0.580. The second kappa shape index (κ2) is 8.33. The maximum Gasteiger partial charge on any atom is 0.220 e. The number of halogens is 1. The van der Waals surface area contributed by atoms with Crippen LogP contribution in [0.3, 0.4) is 0 Å². The molecule has 0 fully saturated rings. The van der Waals surface area contributed by atoms with E-state index in [9.17, 15) is 9.59 Å². The molecule has 106 valence electrons. The number of carbonyl (C=O) groups excluding carboxylic acids is 2. The minimum Gasteiger partial charge on any atom is -0.356 e. The number of carbonyl (C=O) groups is 2. The standard InChI is InChI=1S/C14H20ClNO2S/c1-10(2)4-3-9-16-14(18)8-5-11(17)12-6-7-13(15)19-12/h6-7,10H,3-5,8-9H2,1-2H3,(H,16,18). The fourth-order valence-corrected chi connectivity index (χ4v) is 2.65. The van der Waals surface area contributed by atoms with Crippen molar-refractivity contribution in [2.75, 3.05) is 6.54 Å². The van der Waals surface area contributed by atoms with Crippen molar-refractivity contribution in [3.63, 3.8) is 0 Å². The summed E-state index contributed by atoms with van der Waals surface area (Å²) in [5.41, 5.74) is 0. The van der Waals surface area contributed by atoms with E-state index in [-0.39, 0.29) is 24.5 Å². The lowest BCUT2D eigenvalue weighted by molar-refractivity contribution is -0.121. The lowest BCUT2D eigenvalue weighted by atomic mass is 10.1. The summed E-state index contributed by atoms with van der Waals surface area (Å²) in [5, 5.41) is 2.84. The quantitative estimate of drug-likeness (QED) is 0.584. The number of nitrogens with one attached hydrogen (secondary N) is 1. The molecule has 1 aromatic heterocycles. The smallest absolute Gasteiger partial charge is 0.220 e. The van der Waals surface area contributed by atoms with Gasteiger partial charge in [-0.3, -0.25) is 9.59 Å². The highest BCUT2D eigenvalue weighted by atomic mass is 35.5. The van der Waals surface area contributed by atoms with Crippen molar-refractivity contribution in [1.29, 1.82) is 0 Å². The Labute approximate surface area is 123 Å². The summed E-state index contributed by atoms with van der Waals surface area (Å²) in [6.07, 6.45) is 2.58. The topological polar surface area (TPSA) is 46.2 Å². The number of ketones is 1. The van der Waals surface area contributed by atoms with Crippen LogP contribution in [0, 0.1) is 5.92 Å². The van der Waals surface area contributed by atoms with Crippen LogP contribution in [0.1, 0.15) is 49.2 Å². The van der Waals surface area contributed by atoms with Crippen molar-refractivity contribution in [2.24, 2.45) is 5.92 Å². The monoisotopic (exact) mass is 301 g/mol. The van der Waals surface area contributed by atoms with Crippen molar-refractivity contribution in [2.45, 2.75) is 39.5 Å². The molecule has 0 unspecified atom stereocenters. The fraction of sp³-hybridized carbons (Fsp3) is 0.571. The van der Waals surface area contributed by atoms with Gasteiger partial charge in [-0.15, -0.1) is 11.3 Å². The summed E-state index contributed by atoms with van der Waals surface area (Å²) in [6.45, 7) is 5.01. The van der Waals surface area contributed by atoms with Crippen LogP contribution in [0.4, 0.5) is 0 Å². The van der Waals surface area contributed by atoms with E-state index in [2.05, 4.69) is 19.2 Å². The van der Waals surface area contributed by atoms with Gasteiger partial charge < -0.3 is 5.32 Å². The van der Waals surface area contributed by atoms with Crippen molar-refractivity contribution >= 4 is 34.6 Å². The first-order chi connectivity index (χ1) is 8.99. The minimum atomic E-state index is -0.0558. The Hall–Kier alpha value is -0.870. The maximum atomic E-state index is 11.8. The third-order valence-electron chi connectivity index (χ3n) is 2.71. The van der Waals surface area contributed by atoms with Gasteiger partial charge in [0, 0.05) is 19.4 Å². The number of thiophene rings is 1. The zero-order chi connectivity index (χ0) is 14.3. The minimum absolute atomic E-state index is 0.0192. The van der Waals surface area contributed by atoms with Crippen LogP contribution in [0.5, 0.6) is 0 Å². The number of amides is 1. The predicted molar refractivity (Wildman–Crippen MR) is 80.0 cm³/mol. The molecule has 0 radical (unpaired) electrons. The maximum absolute atomic E-state index is 11.8. The third kappa shape index (κ3) is 6.73. The molecule has 19 heavy (non-hydrogen) atoms. The molecule has 0 aliphatic heterocycles. The molecule has 1 amide bonds. The van der Waals surface area contributed by atoms with Crippen LogP contribution >= 0.6 is 22.9 Å². The highest BCUT2D eigenvalue weighted by Gasteiger charge is 2.11. The second-order valence-electron chi connectivity index (χ2n) is 4.91. The van der Waals surface area contributed by atoms with Crippen LogP contribution in [-0.2, 0) is 4.79 Å². The molecule has 0 saturated carbocycles. The molecule has 1 rings (SSSR count). The normalized spacial score (nSPS) is 10.7. The van der Waals surface area contributed by atoms with Gasteiger partial charge in [0.1, 0.15) is 0 Å². The van der Waals surface area contributed by atoms with Gasteiger partial charge >= 0.3 is 0 Å². The molecule has 1 aromatic rings. The lowest BCUT2D eigenvalue weighted by Crippen LogP contribution is -2.25. The summed E-state index contributed by atoms with van der Waals surface area (Å²) >= 11 is 7.02. The SMILES string of the molecule is CC(C)CCCNC(=O)CCC(=O)c1ccc(Cl)s1. The molecule has 0 saturated heterocycles. The number of Topliss-reactive ketones (excluding diaryl/α,β-unsaturated/α-hetero) is 1. The van der Waals surface area contributed by atoms with E-state index in [1.165, 1.54) is 11.3 Å². The highest BCUT2D eigenvalue weighted by Crippen LogP contribution is 2.22. The zero-order valence-electron chi connectivity index (χ0n) is 11.4. The van der Waals surface area contributed by atoms with Gasteiger partial charge in [0.15, 0.2) is 5.78 Å². The van der Waals surface area contributed by atoms with E-state index in [1.54, 1.807) is 12.1 Å². The molecule has 0 aliphatic carbocycles. The number of hydrogen-bond donors (Lipinski definition) is 1. The van der Waals surface area contributed by atoms with Gasteiger partial charge in [-0.25, -0.2) is 0 Å². The Balaban J connectivity index is 2.18. The molecule has 0 spiro atoms. The Morgan fingerprint density at radius 3 is 2.63 bits per heavy atom. The predicted octanol–water partition coefficient (Wildman–Crippen LogP) is 3.92. The molecule has 0 atom stereocenters. The average Bonchev–Trinajstić information content (AvgIpc) is 2.78. The van der Waals surface area contributed by atoms with Gasteiger partial charge in [-0.05, 0) is 30.9 Å². The molecular weight excluding hydrogens is 282 g/mol. The van der Waals surface area contributed by atoms with Crippen molar-refractivity contribution < 1.29 is 9.59 Å². The molecule has 0 aromatic carbocycles. The second-order valence-corrected chi connectivity index (χ2v) is 6.63. The third-order valence-corrected chi connectivity index (χ3v) is 3.98. The van der Waals surface area contributed by atoms with Crippen LogP contribution in [0.25, 0.3) is 0 Å². The van der Waals surface area contributed by atoms with E-state index in [4.69, 9.17) is 11.6 Å². The molecule has 3 nitrogen and oxygen atoms in total. The highest BCUT2D eigenvalue weighted by molar-refractivity contribution is 7.18. The molecule has 1 heterocycles. The van der Waals surface area contributed by atoms with Crippen molar-refractivity contribution in [3.8, 4) is 0 Å². The molecule has 1 N–H and O–H groups in total. The van der Waals surface area contributed by atoms with Gasteiger partial charge in [0.2, 0.25) is 5.91 Å². The number of rotatable bonds is 8. The van der Waals surface area contributed by atoms with E-state index in [1.807, 2.05) is 0 Å². The first-order valence-corrected chi connectivity index (χ1v) is 7.73. The fourth-order valence-electron chi connectivity index (χ4n) is 1.64. The summed E-state index contributed by atoms with van der Waals surface area (Å²) in [6, 6.07) is 3.40. The van der Waals surface area contributed by atoms with Crippen molar-refractivity contribution in [1.82, 2.24) is 5.32 Å². The Morgan fingerprint density at radius 1 is 1.32 bits per heavy atom. The number of hydrogen-bond acceptors (Lipinski definition) is 3.